The van der Waals surface area contributed by atoms with Crippen molar-refractivity contribution in [1.82, 2.24) is 10.6 Å². The van der Waals surface area contributed by atoms with E-state index in [-0.39, 0.29) is 5.91 Å². The standard InChI is InChI=1S/C17H14ClN3O/c18-14-9-5-4-8-13(14)10-15-16(22)21-17(20-15)19-11-12-6-2-1-3-7-12/h1-10H,11H2,(H2,19,20,21,22). The third kappa shape index (κ3) is 3.35. The summed E-state index contributed by atoms with van der Waals surface area (Å²) >= 11 is 6.09. The van der Waals surface area contributed by atoms with E-state index < -0.39 is 0 Å². The second-order valence-corrected chi connectivity index (χ2v) is 5.22. The molecule has 2 N–H and O–H groups in total. The fourth-order valence-electron chi connectivity index (χ4n) is 2.07. The van der Waals surface area contributed by atoms with Crippen molar-refractivity contribution in [3.05, 3.63) is 76.4 Å². The van der Waals surface area contributed by atoms with Gasteiger partial charge >= 0.3 is 0 Å². The molecule has 0 aromatic heterocycles. The molecule has 1 aliphatic heterocycles. The molecule has 0 spiro atoms. The second kappa shape index (κ2) is 6.45. The first-order chi connectivity index (χ1) is 10.7. The van der Waals surface area contributed by atoms with E-state index in [1.165, 1.54) is 0 Å². The number of nitrogens with one attached hydrogen (secondary N) is 2. The largest absolute Gasteiger partial charge is 0.321 e. The number of carbonyl (C=O) groups is 1. The molecule has 4 nitrogen and oxygen atoms in total. The van der Waals surface area contributed by atoms with Crippen molar-refractivity contribution >= 4 is 29.5 Å². The molecule has 0 bridgehead atoms. The third-order valence-corrected chi connectivity index (χ3v) is 3.54. The molecule has 1 saturated heterocycles. The molecule has 0 atom stereocenters. The molecule has 22 heavy (non-hydrogen) atoms. The number of rotatable bonds is 3. The van der Waals surface area contributed by atoms with Gasteiger partial charge in [-0.2, -0.15) is 0 Å². The summed E-state index contributed by atoms with van der Waals surface area (Å²) in [4.78, 5) is 16.3. The van der Waals surface area contributed by atoms with Crippen molar-refractivity contribution in [1.29, 1.82) is 0 Å². The highest BCUT2D eigenvalue weighted by Gasteiger charge is 2.21. The average molecular weight is 312 g/mol. The predicted octanol–water partition coefficient (Wildman–Crippen LogP) is 2.96. The van der Waals surface area contributed by atoms with Crippen molar-refractivity contribution in [2.75, 3.05) is 0 Å². The zero-order valence-corrected chi connectivity index (χ0v) is 12.5. The van der Waals surface area contributed by atoms with Crippen LogP contribution >= 0.6 is 11.6 Å². The first kappa shape index (κ1) is 14.4. The predicted molar refractivity (Wildman–Crippen MR) is 88.3 cm³/mol. The van der Waals surface area contributed by atoms with Crippen molar-refractivity contribution in [2.45, 2.75) is 6.54 Å². The Labute approximate surface area is 133 Å². The lowest BCUT2D eigenvalue weighted by Gasteiger charge is -2.00. The summed E-state index contributed by atoms with van der Waals surface area (Å²) < 4.78 is 0. The first-order valence-corrected chi connectivity index (χ1v) is 7.23. The van der Waals surface area contributed by atoms with E-state index in [1.54, 1.807) is 12.1 Å². The number of amides is 1. The number of halogens is 1. The molecule has 1 amide bonds. The fraction of sp³-hybridized carbons (Fsp3) is 0.0588. The number of guanidine groups is 1. The molecule has 5 heteroatoms. The minimum absolute atomic E-state index is 0.216. The maximum Gasteiger partial charge on any atom is 0.274 e. The topological polar surface area (TPSA) is 53.5 Å². The number of carbonyl (C=O) groups excluding carboxylic acids is 1. The van der Waals surface area contributed by atoms with E-state index in [2.05, 4.69) is 15.6 Å². The first-order valence-electron chi connectivity index (χ1n) is 6.85. The Bertz CT molecular complexity index is 754. The summed E-state index contributed by atoms with van der Waals surface area (Å²) in [5.41, 5.74) is 2.29. The average Bonchev–Trinajstić information content (AvgIpc) is 2.89. The van der Waals surface area contributed by atoms with Crippen LogP contribution in [0, 0.1) is 0 Å². The van der Waals surface area contributed by atoms with Crippen LogP contribution in [0.1, 0.15) is 11.1 Å². The van der Waals surface area contributed by atoms with Crippen LogP contribution in [-0.2, 0) is 11.3 Å². The lowest BCUT2D eigenvalue weighted by Crippen LogP contribution is -2.25. The maximum atomic E-state index is 11.9. The molecule has 1 heterocycles. The van der Waals surface area contributed by atoms with Gasteiger partial charge in [0.15, 0.2) is 0 Å². The summed E-state index contributed by atoms with van der Waals surface area (Å²) in [6.45, 7) is 0.503. The molecular formula is C17H14ClN3O. The van der Waals surface area contributed by atoms with E-state index in [4.69, 9.17) is 11.6 Å². The molecule has 0 saturated carbocycles. The van der Waals surface area contributed by atoms with Crippen LogP contribution in [0.2, 0.25) is 5.02 Å². The van der Waals surface area contributed by atoms with Crippen LogP contribution < -0.4 is 10.6 Å². The second-order valence-electron chi connectivity index (χ2n) is 4.81. The van der Waals surface area contributed by atoms with Crippen LogP contribution in [0.25, 0.3) is 6.08 Å². The third-order valence-electron chi connectivity index (χ3n) is 3.20. The van der Waals surface area contributed by atoms with E-state index in [0.717, 1.165) is 11.1 Å². The molecule has 2 aromatic carbocycles. The minimum atomic E-state index is -0.216. The van der Waals surface area contributed by atoms with Gasteiger partial charge in [-0.1, -0.05) is 60.1 Å². The molecule has 2 aromatic rings. The Morgan fingerprint density at radius 3 is 2.50 bits per heavy atom. The molecule has 1 aliphatic rings. The van der Waals surface area contributed by atoms with Gasteiger partial charge in [-0.05, 0) is 23.3 Å². The van der Waals surface area contributed by atoms with Crippen LogP contribution in [0.3, 0.4) is 0 Å². The van der Waals surface area contributed by atoms with E-state index in [9.17, 15) is 4.79 Å². The zero-order valence-electron chi connectivity index (χ0n) is 11.7. The number of benzene rings is 2. The summed E-state index contributed by atoms with van der Waals surface area (Å²) in [6.07, 6.45) is 1.71. The van der Waals surface area contributed by atoms with Gasteiger partial charge < -0.3 is 5.32 Å². The quantitative estimate of drug-likeness (QED) is 0.856. The summed E-state index contributed by atoms with van der Waals surface area (Å²) in [7, 11) is 0. The van der Waals surface area contributed by atoms with Crippen LogP contribution in [0.5, 0.6) is 0 Å². The molecule has 0 aliphatic carbocycles. The molecule has 110 valence electrons. The fourth-order valence-corrected chi connectivity index (χ4v) is 2.26. The van der Waals surface area contributed by atoms with Gasteiger partial charge in [-0.3, -0.25) is 10.1 Å². The van der Waals surface area contributed by atoms with Crippen LogP contribution in [0.4, 0.5) is 0 Å². The van der Waals surface area contributed by atoms with Crippen molar-refractivity contribution in [2.24, 2.45) is 4.99 Å². The smallest absolute Gasteiger partial charge is 0.274 e. The number of aliphatic imine (C=N–C) groups is 1. The van der Waals surface area contributed by atoms with Gasteiger partial charge in [-0.15, -0.1) is 0 Å². The lowest BCUT2D eigenvalue weighted by molar-refractivity contribution is -0.115. The highest BCUT2D eigenvalue weighted by atomic mass is 35.5. The Kier molecular flexibility index (Phi) is 4.21. The maximum absolute atomic E-state index is 11.9. The number of hydrogen-bond acceptors (Lipinski definition) is 2. The Hall–Kier alpha value is -2.59. The molecular weight excluding hydrogens is 298 g/mol. The minimum Gasteiger partial charge on any atom is -0.321 e. The number of hydrogen-bond donors (Lipinski definition) is 2. The summed E-state index contributed by atoms with van der Waals surface area (Å²) in [5.74, 6) is 0.235. The highest BCUT2D eigenvalue weighted by Crippen LogP contribution is 2.18. The summed E-state index contributed by atoms with van der Waals surface area (Å²) in [6, 6.07) is 17.2. The van der Waals surface area contributed by atoms with E-state index in [1.807, 2.05) is 48.5 Å². The molecule has 1 fully saturated rings. The van der Waals surface area contributed by atoms with Gasteiger partial charge in [0, 0.05) is 5.02 Å². The van der Waals surface area contributed by atoms with Gasteiger partial charge in [0.05, 0.1) is 6.54 Å². The van der Waals surface area contributed by atoms with Gasteiger partial charge in [0.1, 0.15) is 5.70 Å². The highest BCUT2D eigenvalue weighted by molar-refractivity contribution is 6.32. The molecule has 3 rings (SSSR count). The SMILES string of the molecule is O=C1NC(=NCc2ccccc2)NC1=Cc1ccccc1Cl. The Morgan fingerprint density at radius 1 is 1.00 bits per heavy atom. The van der Waals surface area contributed by atoms with Crippen LogP contribution in [-0.4, -0.2) is 11.9 Å². The lowest BCUT2D eigenvalue weighted by atomic mass is 10.2. The molecule has 0 radical (unpaired) electrons. The number of nitrogens with zero attached hydrogens (tertiary/aromatic N) is 1. The normalized spacial score (nSPS) is 17.6. The van der Waals surface area contributed by atoms with E-state index >= 15 is 0 Å². The van der Waals surface area contributed by atoms with Gasteiger partial charge in [0.2, 0.25) is 5.96 Å². The van der Waals surface area contributed by atoms with E-state index in [0.29, 0.717) is 23.2 Å². The Balaban J connectivity index is 1.75. The Morgan fingerprint density at radius 2 is 1.73 bits per heavy atom. The van der Waals surface area contributed by atoms with Crippen molar-refractivity contribution < 1.29 is 4.79 Å². The monoisotopic (exact) mass is 311 g/mol. The zero-order chi connectivity index (χ0) is 15.4. The summed E-state index contributed by atoms with van der Waals surface area (Å²) in [5, 5.41) is 6.28. The van der Waals surface area contributed by atoms with Gasteiger partial charge in [0.25, 0.3) is 5.91 Å². The van der Waals surface area contributed by atoms with Gasteiger partial charge in [-0.25, -0.2) is 4.99 Å². The van der Waals surface area contributed by atoms with Crippen LogP contribution in [0.15, 0.2) is 65.3 Å². The molecule has 0 unspecified atom stereocenters. The van der Waals surface area contributed by atoms with Crippen molar-refractivity contribution in [3.8, 4) is 0 Å². The van der Waals surface area contributed by atoms with Crippen molar-refractivity contribution in [3.63, 3.8) is 0 Å².